The lowest BCUT2D eigenvalue weighted by atomic mass is 10.2. The van der Waals surface area contributed by atoms with E-state index in [0.717, 1.165) is 14.3 Å². The molecule has 0 aliphatic heterocycles. The number of rotatable bonds is 1. The molecule has 0 radical (unpaired) electrons. The van der Waals surface area contributed by atoms with E-state index in [0.29, 0.717) is 10.8 Å². The summed E-state index contributed by atoms with van der Waals surface area (Å²) >= 11 is 0. The summed E-state index contributed by atoms with van der Waals surface area (Å²) in [5, 5.41) is 1.43. The fourth-order valence-corrected chi connectivity index (χ4v) is 5.16. The zero-order valence-electron chi connectivity index (χ0n) is 11.6. The van der Waals surface area contributed by atoms with Gasteiger partial charge in [-0.05, 0) is 36.4 Å². The van der Waals surface area contributed by atoms with Crippen LogP contribution in [0.3, 0.4) is 0 Å². The average Bonchev–Trinajstić information content (AvgIpc) is 2.55. The number of benzene rings is 3. The van der Waals surface area contributed by atoms with Gasteiger partial charge in [-0.3, -0.25) is 4.79 Å². The maximum absolute atomic E-state index is 13.7. The molecule has 3 heteroatoms. The van der Waals surface area contributed by atoms with E-state index in [1.165, 1.54) is 6.07 Å². The van der Waals surface area contributed by atoms with Crippen LogP contribution in [-0.4, -0.2) is 0 Å². The SMILES string of the molecule is O=c1c2ccccc2[s+](-c2cccc(F)c2)c2ccccc12. The fraction of sp³-hybridized carbons (Fsp3) is 0. The Kier molecular flexibility index (Phi) is 3.01. The van der Waals surface area contributed by atoms with Crippen LogP contribution in [0.15, 0.2) is 77.6 Å². The lowest BCUT2D eigenvalue weighted by Gasteiger charge is -2.02. The largest absolute Gasteiger partial charge is 0.288 e. The van der Waals surface area contributed by atoms with Gasteiger partial charge in [0.2, 0.25) is 5.43 Å². The van der Waals surface area contributed by atoms with Gasteiger partial charge in [0, 0.05) is 16.5 Å². The molecule has 0 fully saturated rings. The van der Waals surface area contributed by atoms with Crippen molar-refractivity contribution in [2.75, 3.05) is 0 Å². The maximum Gasteiger partial charge on any atom is 0.203 e. The zero-order valence-corrected chi connectivity index (χ0v) is 12.4. The molecule has 0 amide bonds. The second-order valence-electron chi connectivity index (χ2n) is 5.09. The topological polar surface area (TPSA) is 17.1 Å². The lowest BCUT2D eigenvalue weighted by Crippen LogP contribution is -2.01. The molecule has 1 aromatic heterocycles. The molecule has 0 saturated heterocycles. The Hall–Kier alpha value is -2.52. The van der Waals surface area contributed by atoms with Crippen molar-refractivity contribution in [2.45, 2.75) is 0 Å². The Morgan fingerprint density at radius 3 is 1.91 bits per heavy atom. The van der Waals surface area contributed by atoms with Crippen molar-refractivity contribution in [2.24, 2.45) is 0 Å². The van der Waals surface area contributed by atoms with Crippen molar-refractivity contribution >= 4 is 30.6 Å². The molecule has 0 aliphatic rings. The standard InChI is InChI=1S/C19H12FOS/c20-13-6-5-7-14(12-13)22-17-10-3-1-8-15(17)19(21)16-9-2-4-11-18(16)22/h1-12H/q+1. The molecule has 22 heavy (non-hydrogen) atoms. The van der Waals surface area contributed by atoms with E-state index >= 15 is 0 Å². The van der Waals surface area contributed by atoms with Crippen molar-refractivity contribution in [1.29, 1.82) is 0 Å². The Morgan fingerprint density at radius 2 is 1.32 bits per heavy atom. The molecule has 0 saturated carbocycles. The monoisotopic (exact) mass is 307 g/mol. The third-order valence-electron chi connectivity index (χ3n) is 3.73. The van der Waals surface area contributed by atoms with Gasteiger partial charge in [-0.25, -0.2) is 4.39 Å². The van der Waals surface area contributed by atoms with Crippen molar-refractivity contribution < 1.29 is 4.39 Å². The normalized spacial score (nSPS) is 11.1. The summed E-state index contributed by atoms with van der Waals surface area (Å²) in [5.74, 6) is -0.253. The predicted octanol–water partition coefficient (Wildman–Crippen LogP) is 5.23. The summed E-state index contributed by atoms with van der Waals surface area (Å²) in [6, 6.07) is 21.9. The van der Waals surface area contributed by atoms with Crippen LogP contribution in [0.25, 0.3) is 25.1 Å². The number of hydrogen-bond donors (Lipinski definition) is 0. The van der Waals surface area contributed by atoms with E-state index in [4.69, 9.17) is 0 Å². The van der Waals surface area contributed by atoms with Crippen LogP contribution in [-0.2, 0) is 0 Å². The van der Waals surface area contributed by atoms with Crippen molar-refractivity contribution in [3.05, 3.63) is 88.8 Å². The Labute approximate surface area is 129 Å². The molecule has 0 atom stereocenters. The fourth-order valence-electron chi connectivity index (χ4n) is 2.78. The van der Waals surface area contributed by atoms with Gasteiger partial charge in [0.1, 0.15) is 5.82 Å². The highest BCUT2D eigenvalue weighted by Gasteiger charge is 2.22. The van der Waals surface area contributed by atoms with Crippen LogP contribution >= 0.6 is 10.5 Å². The smallest absolute Gasteiger partial charge is 0.203 e. The molecular formula is C19H12FOS+. The molecule has 0 spiro atoms. The Bertz CT molecular complexity index is 1010. The molecule has 0 unspecified atom stereocenters. The van der Waals surface area contributed by atoms with E-state index in [1.54, 1.807) is 12.1 Å². The van der Waals surface area contributed by atoms with Crippen LogP contribution in [0.4, 0.5) is 4.39 Å². The molecule has 4 rings (SSSR count). The predicted molar refractivity (Wildman–Crippen MR) is 91.5 cm³/mol. The van der Waals surface area contributed by atoms with Crippen molar-refractivity contribution in [3.8, 4) is 4.90 Å². The minimum atomic E-state index is -0.450. The Morgan fingerprint density at radius 1 is 0.727 bits per heavy atom. The van der Waals surface area contributed by atoms with Crippen LogP contribution in [0.2, 0.25) is 0 Å². The van der Waals surface area contributed by atoms with Gasteiger partial charge in [-0.15, -0.1) is 0 Å². The minimum Gasteiger partial charge on any atom is -0.288 e. The quantitative estimate of drug-likeness (QED) is 0.347. The summed E-state index contributed by atoms with van der Waals surface area (Å²) in [6.45, 7) is 0. The highest BCUT2D eigenvalue weighted by molar-refractivity contribution is 7.49. The minimum absolute atomic E-state index is 0.0475. The number of halogens is 1. The summed E-state index contributed by atoms with van der Waals surface area (Å²) in [7, 11) is -0.450. The number of fused-ring (bicyclic) bond motifs is 2. The highest BCUT2D eigenvalue weighted by Crippen LogP contribution is 2.42. The molecule has 3 aromatic carbocycles. The third-order valence-corrected chi connectivity index (χ3v) is 6.05. The van der Waals surface area contributed by atoms with Gasteiger partial charge in [0.05, 0.1) is 10.8 Å². The molecule has 0 bridgehead atoms. The van der Waals surface area contributed by atoms with Gasteiger partial charge in [-0.2, -0.15) is 0 Å². The second-order valence-corrected chi connectivity index (χ2v) is 7.05. The van der Waals surface area contributed by atoms with Crippen LogP contribution in [0.1, 0.15) is 0 Å². The summed E-state index contributed by atoms with van der Waals surface area (Å²) < 4.78 is 15.6. The average molecular weight is 307 g/mol. The van der Waals surface area contributed by atoms with Crippen molar-refractivity contribution in [3.63, 3.8) is 0 Å². The van der Waals surface area contributed by atoms with Crippen LogP contribution in [0, 0.1) is 5.82 Å². The van der Waals surface area contributed by atoms with Crippen LogP contribution < -0.4 is 5.43 Å². The van der Waals surface area contributed by atoms with E-state index in [2.05, 4.69) is 0 Å². The molecule has 1 heterocycles. The lowest BCUT2D eigenvalue weighted by molar-refractivity contribution is 0.629. The van der Waals surface area contributed by atoms with Gasteiger partial charge in [0.25, 0.3) is 0 Å². The highest BCUT2D eigenvalue weighted by atomic mass is 32.2. The second kappa shape index (κ2) is 5.04. The van der Waals surface area contributed by atoms with E-state index in [9.17, 15) is 9.18 Å². The summed E-state index contributed by atoms with van der Waals surface area (Å²) in [6.07, 6.45) is 0. The first kappa shape index (κ1) is 13.2. The van der Waals surface area contributed by atoms with E-state index < -0.39 is 10.5 Å². The first-order valence-electron chi connectivity index (χ1n) is 6.98. The molecule has 0 N–H and O–H groups in total. The number of hydrogen-bond acceptors (Lipinski definition) is 1. The summed E-state index contributed by atoms with van der Waals surface area (Å²) in [5.41, 5.74) is 0.0475. The van der Waals surface area contributed by atoms with Gasteiger partial charge >= 0.3 is 0 Å². The maximum atomic E-state index is 13.7. The van der Waals surface area contributed by atoms with E-state index in [-0.39, 0.29) is 11.2 Å². The Balaban J connectivity index is 2.28. The first-order valence-corrected chi connectivity index (χ1v) is 8.21. The third kappa shape index (κ3) is 1.94. The summed E-state index contributed by atoms with van der Waals surface area (Å²) in [4.78, 5) is 13.6. The molecule has 4 aromatic rings. The zero-order chi connectivity index (χ0) is 15.1. The van der Waals surface area contributed by atoms with E-state index in [1.807, 2.05) is 54.6 Å². The molecular weight excluding hydrogens is 295 g/mol. The van der Waals surface area contributed by atoms with Gasteiger partial charge < -0.3 is 0 Å². The molecule has 0 aliphatic carbocycles. The molecule has 1 nitrogen and oxygen atoms in total. The van der Waals surface area contributed by atoms with Gasteiger partial charge in [-0.1, -0.05) is 30.3 Å². The van der Waals surface area contributed by atoms with Crippen LogP contribution in [0.5, 0.6) is 0 Å². The van der Waals surface area contributed by atoms with Crippen molar-refractivity contribution in [1.82, 2.24) is 0 Å². The molecule has 106 valence electrons. The van der Waals surface area contributed by atoms with Gasteiger partial charge in [0.15, 0.2) is 14.3 Å². The first-order chi connectivity index (χ1) is 10.8.